The summed E-state index contributed by atoms with van der Waals surface area (Å²) in [5.74, 6) is -0.629. The van der Waals surface area contributed by atoms with Crippen LogP contribution in [-0.4, -0.2) is 52.8 Å². The van der Waals surface area contributed by atoms with Crippen molar-refractivity contribution < 1.29 is 19.1 Å². The topological polar surface area (TPSA) is 74.0 Å². The van der Waals surface area contributed by atoms with Gasteiger partial charge in [-0.05, 0) is 56.4 Å². The van der Waals surface area contributed by atoms with Gasteiger partial charge in [-0.25, -0.2) is 0 Å². The summed E-state index contributed by atoms with van der Waals surface area (Å²) >= 11 is 1.47. The molecule has 1 atom stereocenters. The van der Waals surface area contributed by atoms with Gasteiger partial charge >= 0.3 is 0 Å². The van der Waals surface area contributed by atoms with E-state index >= 15 is 0 Å². The summed E-state index contributed by atoms with van der Waals surface area (Å²) in [5, 5.41) is 12.5. The van der Waals surface area contributed by atoms with E-state index in [9.17, 15) is 14.7 Å². The standard InChI is InChI=1S/C20H22N2O4S/c1-13-6-7-14(26-13)18(23)16-17(15-5-4-12-27-15)22(20(25)19(16)24)11-10-21-8-2-3-9-21/h4-7,12,17,24H,2-3,8-11H2,1H3. The van der Waals surface area contributed by atoms with Crippen LogP contribution >= 0.6 is 11.3 Å². The predicted molar refractivity (Wildman–Crippen MR) is 102 cm³/mol. The van der Waals surface area contributed by atoms with Crippen LogP contribution in [0.2, 0.25) is 0 Å². The zero-order valence-corrected chi connectivity index (χ0v) is 16.0. The molecule has 2 aromatic heterocycles. The average molecular weight is 386 g/mol. The van der Waals surface area contributed by atoms with Crippen molar-refractivity contribution in [3.63, 3.8) is 0 Å². The second kappa shape index (κ2) is 7.32. The first-order chi connectivity index (χ1) is 13.1. The summed E-state index contributed by atoms with van der Waals surface area (Å²) < 4.78 is 5.45. The number of aryl methyl sites for hydroxylation is 1. The quantitative estimate of drug-likeness (QED) is 0.771. The predicted octanol–water partition coefficient (Wildman–Crippen LogP) is 3.32. The number of rotatable bonds is 6. The highest BCUT2D eigenvalue weighted by atomic mass is 32.1. The number of carbonyl (C=O) groups excluding carboxylic acids is 2. The first kappa shape index (κ1) is 18.0. The molecule has 1 fully saturated rings. The largest absolute Gasteiger partial charge is 0.503 e. The zero-order chi connectivity index (χ0) is 19.0. The Bertz CT molecular complexity index is 878. The van der Waals surface area contributed by atoms with Crippen LogP contribution in [0.3, 0.4) is 0 Å². The summed E-state index contributed by atoms with van der Waals surface area (Å²) in [6, 6.07) is 6.49. The van der Waals surface area contributed by atoms with Crippen LogP contribution < -0.4 is 0 Å². The molecule has 1 unspecified atom stereocenters. The van der Waals surface area contributed by atoms with Crippen molar-refractivity contribution >= 4 is 23.0 Å². The smallest absolute Gasteiger partial charge is 0.290 e. The SMILES string of the molecule is Cc1ccc(C(=O)C2=C(O)C(=O)N(CCN3CCCC3)C2c2cccs2)o1. The lowest BCUT2D eigenvalue weighted by Crippen LogP contribution is -2.37. The van der Waals surface area contributed by atoms with Crippen LogP contribution in [0.5, 0.6) is 0 Å². The monoisotopic (exact) mass is 386 g/mol. The van der Waals surface area contributed by atoms with Crippen LogP contribution in [0.4, 0.5) is 0 Å². The fraction of sp³-hybridized carbons (Fsp3) is 0.400. The molecule has 1 N–H and O–H groups in total. The molecule has 0 bridgehead atoms. The molecule has 0 saturated carbocycles. The summed E-state index contributed by atoms with van der Waals surface area (Å²) in [7, 11) is 0. The van der Waals surface area contributed by atoms with Gasteiger partial charge in [-0.1, -0.05) is 6.07 Å². The molecule has 1 saturated heterocycles. The van der Waals surface area contributed by atoms with Crippen LogP contribution in [0, 0.1) is 6.92 Å². The molecule has 2 aliphatic heterocycles. The van der Waals surface area contributed by atoms with E-state index in [0.29, 0.717) is 12.3 Å². The Morgan fingerprint density at radius 1 is 1.26 bits per heavy atom. The van der Waals surface area contributed by atoms with E-state index < -0.39 is 23.5 Å². The third kappa shape index (κ3) is 3.33. The van der Waals surface area contributed by atoms with Crippen molar-refractivity contribution in [2.75, 3.05) is 26.2 Å². The van der Waals surface area contributed by atoms with E-state index in [1.807, 2.05) is 17.5 Å². The van der Waals surface area contributed by atoms with E-state index in [4.69, 9.17) is 4.42 Å². The Hall–Kier alpha value is -2.38. The van der Waals surface area contributed by atoms with E-state index in [1.165, 1.54) is 24.2 Å². The highest BCUT2D eigenvalue weighted by molar-refractivity contribution is 7.10. The van der Waals surface area contributed by atoms with Crippen LogP contribution in [0.15, 0.2) is 45.4 Å². The Labute approximate surface area is 161 Å². The molecule has 0 radical (unpaired) electrons. The minimum atomic E-state index is -0.571. The molecule has 0 aliphatic carbocycles. The number of amides is 1. The number of hydrogen-bond donors (Lipinski definition) is 1. The Balaban J connectivity index is 1.65. The van der Waals surface area contributed by atoms with Crippen molar-refractivity contribution in [1.82, 2.24) is 9.80 Å². The molecule has 0 spiro atoms. The summed E-state index contributed by atoms with van der Waals surface area (Å²) in [6.07, 6.45) is 2.35. The number of likely N-dealkylation sites (tertiary alicyclic amines) is 1. The lowest BCUT2D eigenvalue weighted by atomic mass is 10.0. The molecule has 27 heavy (non-hydrogen) atoms. The summed E-state index contributed by atoms with van der Waals surface area (Å²) in [6.45, 7) is 5.02. The Kier molecular flexibility index (Phi) is 4.88. The molecule has 7 heteroatoms. The maximum Gasteiger partial charge on any atom is 0.290 e. The van der Waals surface area contributed by atoms with Crippen molar-refractivity contribution in [3.8, 4) is 0 Å². The number of thiophene rings is 1. The minimum Gasteiger partial charge on any atom is -0.503 e. The third-order valence-electron chi connectivity index (χ3n) is 5.18. The van der Waals surface area contributed by atoms with E-state index in [2.05, 4.69) is 4.90 Å². The molecule has 1 amide bonds. The van der Waals surface area contributed by atoms with Gasteiger partial charge < -0.3 is 19.3 Å². The molecule has 2 aromatic rings. The lowest BCUT2D eigenvalue weighted by molar-refractivity contribution is -0.129. The number of aliphatic hydroxyl groups excluding tert-OH is 1. The van der Waals surface area contributed by atoms with Gasteiger partial charge in [0.05, 0.1) is 11.6 Å². The van der Waals surface area contributed by atoms with Crippen molar-refractivity contribution in [1.29, 1.82) is 0 Å². The van der Waals surface area contributed by atoms with Crippen molar-refractivity contribution in [3.05, 3.63) is 57.4 Å². The van der Waals surface area contributed by atoms with Gasteiger partial charge in [-0.15, -0.1) is 11.3 Å². The van der Waals surface area contributed by atoms with Gasteiger partial charge in [0.15, 0.2) is 11.5 Å². The molecule has 4 rings (SSSR count). The van der Waals surface area contributed by atoms with Crippen molar-refractivity contribution in [2.45, 2.75) is 25.8 Å². The Morgan fingerprint density at radius 3 is 2.67 bits per heavy atom. The van der Waals surface area contributed by atoms with Gasteiger partial charge in [-0.3, -0.25) is 9.59 Å². The highest BCUT2D eigenvalue weighted by Crippen LogP contribution is 2.40. The first-order valence-electron chi connectivity index (χ1n) is 9.17. The van der Waals surface area contributed by atoms with E-state index in [-0.39, 0.29) is 11.3 Å². The molecular weight excluding hydrogens is 364 g/mol. The number of Topliss-reactive ketones (excluding diaryl/α,β-unsaturated/α-hetero) is 1. The number of hydrogen-bond acceptors (Lipinski definition) is 6. The minimum absolute atomic E-state index is 0.109. The molecule has 0 aromatic carbocycles. The maximum atomic E-state index is 13.0. The van der Waals surface area contributed by atoms with Crippen LogP contribution in [-0.2, 0) is 4.79 Å². The second-order valence-electron chi connectivity index (χ2n) is 6.97. The normalized spacial score (nSPS) is 20.9. The zero-order valence-electron chi connectivity index (χ0n) is 15.2. The number of furan rings is 1. The summed E-state index contributed by atoms with van der Waals surface area (Å²) in [4.78, 5) is 30.6. The average Bonchev–Trinajstić information content (AvgIpc) is 3.43. The summed E-state index contributed by atoms with van der Waals surface area (Å²) in [5.41, 5.74) is 0.109. The number of carbonyl (C=O) groups is 2. The van der Waals surface area contributed by atoms with Gasteiger partial charge in [0.2, 0.25) is 5.78 Å². The van der Waals surface area contributed by atoms with Gasteiger partial charge in [0.25, 0.3) is 5.91 Å². The second-order valence-corrected chi connectivity index (χ2v) is 7.95. The molecule has 4 heterocycles. The highest BCUT2D eigenvalue weighted by Gasteiger charge is 2.44. The van der Waals surface area contributed by atoms with Gasteiger partial charge in [0, 0.05) is 18.0 Å². The maximum absolute atomic E-state index is 13.0. The fourth-order valence-corrected chi connectivity index (χ4v) is 4.65. The van der Waals surface area contributed by atoms with Gasteiger partial charge in [-0.2, -0.15) is 0 Å². The molecule has 6 nitrogen and oxygen atoms in total. The molecular formula is C20H22N2O4S. The first-order valence-corrected chi connectivity index (χ1v) is 10.0. The number of nitrogens with zero attached hydrogens (tertiary/aromatic N) is 2. The Morgan fingerprint density at radius 2 is 2.04 bits per heavy atom. The molecule has 142 valence electrons. The fourth-order valence-electron chi connectivity index (χ4n) is 3.80. The van der Waals surface area contributed by atoms with Gasteiger partial charge in [0.1, 0.15) is 5.76 Å². The van der Waals surface area contributed by atoms with E-state index in [0.717, 1.165) is 24.5 Å². The van der Waals surface area contributed by atoms with Crippen molar-refractivity contribution in [2.24, 2.45) is 0 Å². The van der Waals surface area contributed by atoms with E-state index in [1.54, 1.807) is 24.0 Å². The number of ketones is 1. The van der Waals surface area contributed by atoms with Crippen LogP contribution in [0.25, 0.3) is 0 Å². The lowest BCUT2D eigenvalue weighted by Gasteiger charge is -2.27. The number of aliphatic hydroxyl groups is 1. The molecule has 2 aliphatic rings. The van der Waals surface area contributed by atoms with Crippen LogP contribution in [0.1, 0.15) is 40.1 Å². The third-order valence-corrected chi connectivity index (χ3v) is 6.11.